The van der Waals surface area contributed by atoms with Gasteiger partial charge in [-0.2, -0.15) is 4.68 Å². The van der Waals surface area contributed by atoms with Gasteiger partial charge < -0.3 is 4.55 Å². The molecule has 0 unspecified atom stereocenters. The number of hydrogen-bond donors (Lipinski definition) is 1. The van der Waals surface area contributed by atoms with E-state index in [4.69, 9.17) is 4.98 Å². The summed E-state index contributed by atoms with van der Waals surface area (Å²) in [6.07, 6.45) is 1.98. The van der Waals surface area contributed by atoms with E-state index in [1.165, 1.54) is 16.2 Å². The van der Waals surface area contributed by atoms with Gasteiger partial charge >= 0.3 is 5.65 Å². The molecule has 0 spiro atoms. The molecule has 0 fully saturated rings. The summed E-state index contributed by atoms with van der Waals surface area (Å²) in [4.78, 5) is 4.80. The number of H-pyrrole nitrogens is 1. The molecule has 0 saturated heterocycles. The number of aryl methyl sites for hydroxylation is 1. The van der Waals surface area contributed by atoms with Gasteiger partial charge in [-0.25, -0.2) is 13.5 Å². The van der Waals surface area contributed by atoms with Crippen LogP contribution in [0.4, 0.5) is 0 Å². The number of benzene rings is 2. The Bertz CT molecular complexity index is 1140. The Kier molecular flexibility index (Phi) is 4.18. The van der Waals surface area contributed by atoms with E-state index in [0.717, 1.165) is 23.7 Å². The molecule has 24 heavy (non-hydrogen) atoms. The SMILES string of the molecule is COS(=O)(=O)[O-].C[n+]1[nH]cc2cc3ccc4ccccc4c3nc21. The van der Waals surface area contributed by atoms with E-state index in [1.807, 2.05) is 17.9 Å². The predicted octanol–water partition coefficient (Wildman–Crippen LogP) is 1.79. The van der Waals surface area contributed by atoms with Gasteiger partial charge in [-0.05, 0) is 28.6 Å². The molecule has 0 bridgehead atoms. The van der Waals surface area contributed by atoms with E-state index >= 15 is 0 Å². The molecule has 0 atom stereocenters. The molecule has 2 heterocycles. The average Bonchev–Trinajstić information content (AvgIpc) is 2.93. The topological polar surface area (TPSA) is 99.0 Å². The van der Waals surface area contributed by atoms with Crippen LogP contribution in [-0.2, 0) is 21.6 Å². The Morgan fingerprint density at radius 2 is 1.79 bits per heavy atom. The molecule has 0 aliphatic carbocycles. The van der Waals surface area contributed by atoms with Gasteiger partial charge in [0.1, 0.15) is 7.05 Å². The van der Waals surface area contributed by atoms with E-state index < -0.39 is 10.4 Å². The molecule has 0 saturated carbocycles. The van der Waals surface area contributed by atoms with Gasteiger partial charge in [-0.1, -0.05) is 24.3 Å². The zero-order chi connectivity index (χ0) is 17.3. The second-order valence-corrected chi connectivity index (χ2v) is 6.32. The summed E-state index contributed by atoms with van der Waals surface area (Å²) >= 11 is 0. The Morgan fingerprint density at radius 1 is 1.12 bits per heavy atom. The van der Waals surface area contributed by atoms with Crippen LogP contribution in [0.15, 0.2) is 48.7 Å². The maximum Gasteiger partial charge on any atom is 0.350 e. The highest BCUT2D eigenvalue weighted by atomic mass is 32.3. The summed E-state index contributed by atoms with van der Waals surface area (Å²) in [5.74, 6) is 0. The van der Waals surface area contributed by atoms with Crippen molar-refractivity contribution in [2.24, 2.45) is 7.05 Å². The molecule has 0 amide bonds. The molecule has 124 valence electrons. The van der Waals surface area contributed by atoms with Crippen molar-refractivity contribution in [3.8, 4) is 0 Å². The molecular weight excluding hydrogens is 330 g/mol. The van der Waals surface area contributed by atoms with Crippen LogP contribution < -0.4 is 4.68 Å². The molecule has 0 radical (unpaired) electrons. The summed E-state index contributed by atoms with van der Waals surface area (Å²) in [7, 11) is -1.63. The summed E-state index contributed by atoms with van der Waals surface area (Å²) < 4.78 is 33.0. The second-order valence-electron chi connectivity index (χ2n) is 5.17. The van der Waals surface area contributed by atoms with Crippen LogP contribution in [0.25, 0.3) is 32.7 Å². The Hall–Kier alpha value is -2.55. The van der Waals surface area contributed by atoms with Gasteiger partial charge in [-0.15, -0.1) is 0 Å². The van der Waals surface area contributed by atoms with E-state index in [0.29, 0.717) is 0 Å². The van der Waals surface area contributed by atoms with Crippen molar-refractivity contribution in [3.63, 3.8) is 0 Å². The number of aromatic amines is 1. The number of rotatable bonds is 1. The van der Waals surface area contributed by atoms with Crippen molar-refractivity contribution in [2.45, 2.75) is 0 Å². The van der Waals surface area contributed by atoms with E-state index in [-0.39, 0.29) is 0 Å². The summed E-state index contributed by atoms with van der Waals surface area (Å²) in [6, 6.07) is 14.8. The Morgan fingerprint density at radius 3 is 2.50 bits per heavy atom. The highest BCUT2D eigenvalue weighted by molar-refractivity contribution is 7.80. The van der Waals surface area contributed by atoms with Crippen LogP contribution in [-0.4, -0.2) is 30.2 Å². The first-order valence-electron chi connectivity index (χ1n) is 7.06. The number of aromatic nitrogens is 3. The van der Waals surface area contributed by atoms with Crippen molar-refractivity contribution >= 4 is 43.1 Å². The number of hydrogen-bond acceptors (Lipinski definition) is 5. The molecule has 0 aliphatic rings. The molecule has 1 N–H and O–H groups in total. The fourth-order valence-electron chi connectivity index (χ4n) is 2.52. The van der Waals surface area contributed by atoms with Gasteiger partial charge in [0, 0.05) is 10.8 Å². The lowest BCUT2D eigenvalue weighted by atomic mass is 10.1. The minimum atomic E-state index is -4.41. The van der Waals surface area contributed by atoms with Crippen molar-refractivity contribution in [3.05, 3.63) is 48.7 Å². The monoisotopic (exact) mass is 345 g/mol. The molecule has 2 aromatic heterocycles. The largest absolute Gasteiger partial charge is 0.726 e. The van der Waals surface area contributed by atoms with E-state index in [2.05, 4.69) is 51.7 Å². The number of nitrogens with zero attached hydrogens (tertiary/aromatic N) is 2. The minimum Gasteiger partial charge on any atom is -0.726 e. The third kappa shape index (κ3) is 3.21. The van der Waals surface area contributed by atoms with Crippen LogP contribution in [0.2, 0.25) is 0 Å². The van der Waals surface area contributed by atoms with Crippen LogP contribution in [0.1, 0.15) is 0 Å². The molecule has 2 aromatic carbocycles. The van der Waals surface area contributed by atoms with Gasteiger partial charge in [-0.3, -0.25) is 4.18 Å². The quantitative estimate of drug-likeness (QED) is 0.245. The zero-order valence-corrected chi connectivity index (χ0v) is 13.9. The fourth-order valence-corrected chi connectivity index (χ4v) is 2.52. The predicted molar refractivity (Wildman–Crippen MR) is 89.0 cm³/mol. The van der Waals surface area contributed by atoms with E-state index in [9.17, 15) is 13.0 Å². The first-order chi connectivity index (χ1) is 11.4. The molecule has 7 nitrogen and oxygen atoms in total. The molecular formula is C16H15N3O4S. The normalized spacial score (nSPS) is 11.6. The molecule has 4 rings (SSSR count). The lowest BCUT2D eigenvalue weighted by molar-refractivity contribution is -0.704. The maximum absolute atomic E-state index is 9.22. The van der Waals surface area contributed by atoms with Gasteiger partial charge in [0.2, 0.25) is 10.4 Å². The lowest BCUT2D eigenvalue weighted by Gasteiger charge is -1.98. The minimum absolute atomic E-state index is 0.808. The van der Waals surface area contributed by atoms with E-state index in [1.54, 1.807) is 0 Å². The summed E-state index contributed by atoms with van der Waals surface area (Å²) in [6.45, 7) is 0. The highest BCUT2D eigenvalue weighted by Gasteiger charge is 2.13. The van der Waals surface area contributed by atoms with Crippen LogP contribution >= 0.6 is 0 Å². The number of pyridine rings is 1. The smallest absolute Gasteiger partial charge is 0.350 e. The molecule has 0 aliphatic heterocycles. The van der Waals surface area contributed by atoms with Crippen molar-refractivity contribution < 1.29 is 21.8 Å². The van der Waals surface area contributed by atoms with Gasteiger partial charge in [0.25, 0.3) is 0 Å². The summed E-state index contributed by atoms with van der Waals surface area (Å²) in [5, 5.41) is 7.91. The third-order valence-corrected chi connectivity index (χ3v) is 4.06. The van der Waals surface area contributed by atoms with Crippen molar-refractivity contribution in [1.82, 2.24) is 10.1 Å². The lowest BCUT2D eigenvalue weighted by Crippen LogP contribution is -2.30. The van der Waals surface area contributed by atoms with Crippen LogP contribution in [0.3, 0.4) is 0 Å². The number of nitrogens with one attached hydrogen (secondary N) is 1. The molecule has 4 aromatic rings. The number of fused-ring (bicyclic) bond motifs is 4. The average molecular weight is 345 g/mol. The highest BCUT2D eigenvalue weighted by Crippen LogP contribution is 2.25. The van der Waals surface area contributed by atoms with Crippen molar-refractivity contribution in [2.75, 3.05) is 7.11 Å². The zero-order valence-electron chi connectivity index (χ0n) is 13.1. The first-order valence-corrected chi connectivity index (χ1v) is 8.39. The van der Waals surface area contributed by atoms with Gasteiger partial charge in [0.05, 0.1) is 18.7 Å². The molecule has 8 heteroatoms. The Labute approximate surface area is 138 Å². The third-order valence-electron chi connectivity index (χ3n) is 3.65. The first kappa shape index (κ1) is 16.3. The fraction of sp³-hybridized carbons (Fsp3) is 0.125. The van der Waals surface area contributed by atoms with Crippen molar-refractivity contribution in [1.29, 1.82) is 0 Å². The standard InChI is InChI=1S/C15H11N3.CH4O4S/c1-18-15-12(9-16-18)8-11-7-6-10-4-2-3-5-13(10)14(11)17-15;1-5-6(2,3)4/h2-9H,1H3;1H3,(H,2,3,4). The van der Waals surface area contributed by atoms with Crippen LogP contribution in [0, 0.1) is 0 Å². The summed E-state index contributed by atoms with van der Waals surface area (Å²) in [5.41, 5.74) is 2.05. The second kappa shape index (κ2) is 6.16. The van der Waals surface area contributed by atoms with Crippen LogP contribution in [0.5, 0.6) is 0 Å². The van der Waals surface area contributed by atoms with Gasteiger partial charge in [0.15, 0.2) is 5.52 Å². The maximum atomic E-state index is 9.22. The Balaban J connectivity index is 0.000000246.